The van der Waals surface area contributed by atoms with E-state index < -0.39 is 5.41 Å². The van der Waals surface area contributed by atoms with Crippen molar-refractivity contribution in [1.82, 2.24) is 0 Å². The highest BCUT2D eigenvalue weighted by Gasteiger charge is 2.46. The van der Waals surface area contributed by atoms with Crippen molar-refractivity contribution in [3.05, 3.63) is 140 Å². The van der Waals surface area contributed by atoms with Crippen LogP contribution in [0.5, 0.6) is 0 Å². The first-order chi connectivity index (χ1) is 14.7. The third kappa shape index (κ3) is 5.52. The number of hydrogen-bond acceptors (Lipinski definition) is 0. The summed E-state index contributed by atoms with van der Waals surface area (Å²) in [6, 6.07) is 8.43. The van der Waals surface area contributed by atoms with Gasteiger partial charge in [0, 0.05) is 0 Å². The molecule has 0 aliphatic heterocycles. The molecule has 1 unspecified atom stereocenters. The lowest BCUT2D eigenvalue weighted by molar-refractivity contribution is 0.757. The Bertz CT molecular complexity index is 880. The molecule has 0 N–H and O–H groups in total. The van der Waals surface area contributed by atoms with Crippen LogP contribution in [0.2, 0.25) is 0 Å². The van der Waals surface area contributed by atoms with Crippen LogP contribution in [-0.2, 0) is 5.41 Å². The SMILES string of the molecule is C.C=C/C=C\C(=C/C)C1(/C(C=C)=C/C=C)C(C=C)=C(C=C)c2ccccc21.CC.CC. The van der Waals surface area contributed by atoms with E-state index in [1.54, 1.807) is 12.2 Å². The maximum atomic E-state index is 4.13. The Morgan fingerprint density at radius 1 is 0.839 bits per heavy atom. The maximum absolute atomic E-state index is 4.13. The Hall–Kier alpha value is -3.12. The van der Waals surface area contributed by atoms with Gasteiger partial charge in [-0.1, -0.05) is 147 Å². The van der Waals surface area contributed by atoms with Crippen LogP contribution in [-0.4, -0.2) is 0 Å². The average molecular weight is 415 g/mol. The van der Waals surface area contributed by atoms with Gasteiger partial charge in [-0.15, -0.1) is 0 Å². The highest BCUT2D eigenvalue weighted by atomic mass is 14.5. The monoisotopic (exact) mass is 414 g/mol. The van der Waals surface area contributed by atoms with Gasteiger partial charge in [0.2, 0.25) is 0 Å². The zero-order valence-corrected chi connectivity index (χ0v) is 19.5. The fraction of sp³-hybridized carbons (Fsp3) is 0.226. The summed E-state index contributed by atoms with van der Waals surface area (Å²) in [5, 5.41) is 0. The van der Waals surface area contributed by atoms with E-state index in [1.165, 1.54) is 11.1 Å². The third-order valence-electron chi connectivity index (χ3n) is 4.83. The topological polar surface area (TPSA) is 0 Å². The summed E-state index contributed by atoms with van der Waals surface area (Å²) in [5.74, 6) is 0. The van der Waals surface area contributed by atoms with E-state index in [0.717, 1.165) is 22.3 Å². The van der Waals surface area contributed by atoms with Crippen LogP contribution in [0.15, 0.2) is 129 Å². The molecule has 0 saturated heterocycles. The summed E-state index contributed by atoms with van der Waals surface area (Å²) in [6.45, 7) is 30.0. The van der Waals surface area contributed by atoms with E-state index in [1.807, 2.05) is 65.0 Å². The fourth-order valence-electron chi connectivity index (χ4n) is 3.89. The first-order valence-corrected chi connectivity index (χ1v) is 10.7. The van der Waals surface area contributed by atoms with Gasteiger partial charge in [0.05, 0.1) is 5.41 Å². The van der Waals surface area contributed by atoms with Crippen molar-refractivity contribution in [2.24, 2.45) is 0 Å². The van der Waals surface area contributed by atoms with E-state index >= 15 is 0 Å². The Morgan fingerprint density at radius 2 is 1.45 bits per heavy atom. The van der Waals surface area contributed by atoms with Crippen molar-refractivity contribution in [3.63, 3.8) is 0 Å². The van der Waals surface area contributed by atoms with E-state index in [0.29, 0.717) is 0 Å². The molecule has 0 saturated carbocycles. The number of allylic oxidation sites excluding steroid dienone is 13. The summed E-state index contributed by atoms with van der Waals surface area (Å²) in [4.78, 5) is 0. The third-order valence-corrected chi connectivity index (χ3v) is 4.83. The molecule has 166 valence electrons. The molecule has 1 atom stereocenters. The minimum Gasteiger partial charge on any atom is -0.0991 e. The highest BCUT2D eigenvalue weighted by Crippen LogP contribution is 2.56. The second kappa shape index (κ2) is 15.7. The Morgan fingerprint density at radius 3 is 1.90 bits per heavy atom. The van der Waals surface area contributed by atoms with E-state index in [4.69, 9.17) is 0 Å². The van der Waals surface area contributed by atoms with E-state index in [9.17, 15) is 0 Å². The number of benzene rings is 1. The number of hydrogen-bond donors (Lipinski definition) is 0. The molecule has 0 spiro atoms. The smallest absolute Gasteiger partial charge is 0.0709 e. The van der Waals surface area contributed by atoms with E-state index in [2.05, 4.69) is 69.3 Å². The minimum atomic E-state index is -0.508. The first kappa shape index (κ1) is 30.1. The molecule has 1 aliphatic carbocycles. The molecule has 0 heteroatoms. The molecule has 0 aromatic heterocycles. The van der Waals surface area contributed by atoms with Crippen LogP contribution < -0.4 is 0 Å². The van der Waals surface area contributed by atoms with Crippen molar-refractivity contribution in [2.45, 2.75) is 47.5 Å². The van der Waals surface area contributed by atoms with Crippen LogP contribution in [0.25, 0.3) is 5.57 Å². The second-order valence-corrected chi connectivity index (χ2v) is 5.93. The Kier molecular flexibility index (Phi) is 15.2. The van der Waals surface area contributed by atoms with Crippen LogP contribution in [0.3, 0.4) is 0 Å². The van der Waals surface area contributed by atoms with Gasteiger partial charge in [0.25, 0.3) is 0 Å². The van der Waals surface area contributed by atoms with Crippen LogP contribution in [0.4, 0.5) is 0 Å². The molecule has 0 fully saturated rings. The molecule has 1 aromatic rings. The molecule has 0 nitrogen and oxygen atoms in total. The predicted molar refractivity (Wildman–Crippen MR) is 146 cm³/mol. The number of fused-ring (bicyclic) bond motifs is 1. The minimum absolute atomic E-state index is 0. The number of rotatable bonds is 8. The Labute approximate surface area is 192 Å². The van der Waals surface area contributed by atoms with Crippen LogP contribution >= 0.6 is 0 Å². The lowest BCUT2D eigenvalue weighted by Crippen LogP contribution is -2.30. The van der Waals surface area contributed by atoms with Crippen molar-refractivity contribution in [2.75, 3.05) is 0 Å². The molecule has 31 heavy (non-hydrogen) atoms. The molecule has 0 amide bonds. The molecule has 2 rings (SSSR count). The quantitative estimate of drug-likeness (QED) is 0.371. The van der Waals surface area contributed by atoms with Gasteiger partial charge in [-0.2, -0.15) is 0 Å². The molecule has 0 heterocycles. The summed E-state index contributed by atoms with van der Waals surface area (Å²) >= 11 is 0. The van der Waals surface area contributed by atoms with Crippen molar-refractivity contribution >= 4 is 5.57 Å². The van der Waals surface area contributed by atoms with Gasteiger partial charge in [0.1, 0.15) is 0 Å². The van der Waals surface area contributed by atoms with Crippen molar-refractivity contribution < 1.29 is 0 Å². The van der Waals surface area contributed by atoms with Gasteiger partial charge >= 0.3 is 0 Å². The highest BCUT2D eigenvalue weighted by molar-refractivity contribution is 5.92. The van der Waals surface area contributed by atoms with Crippen LogP contribution in [0, 0.1) is 0 Å². The molecule has 0 radical (unpaired) electrons. The summed E-state index contributed by atoms with van der Waals surface area (Å²) < 4.78 is 0. The van der Waals surface area contributed by atoms with Gasteiger partial charge in [-0.25, -0.2) is 0 Å². The molecular formula is C31H42. The largest absolute Gasteiger partial charge is 0.0991 e. The van der Waals surface area contributed by atoms with Gasteiger partial charge < -0.3 is 0 Å². The van der Waals surface area contributed by atoms with Crippen molar-refractivity contribution in [1.29, 1.82) is 0 Å². The van der Waals surface area contributed by atoms with Crippen LogP contribution in [0.1, 0.15) is 53.2 Å². The Balaban J connectivity index is 0. The zero-order valence-electron chi connectivity index (χ0n) is 19.5. The van der Waals surface area contributed by atoms with E-state index in [-0.39, 0.29) is 7.43 Å². The fourth-order valence-corrected chi connectivity index (χ4v) is 3.89. The maximum Gasteiger partial charge on any atom is 0.0709 e. The van der Waals surface area contributed by atoms with Gasteiger partial charge in [-0.3, -0.25) is 0 Å². The first-order valence-electron chi connectivity index (χ1n) is 10.7. The molecule has 1 aromatic carbocycles. The average Bonchev–Trinajstić information content (AvgIpc) is 3.10. The summed E-state index contributed by atoms with van der Waals surface area (Å²) in [7, 11) is 0. The normalized spacial score (nSPS) is 17.2. The second-order valence-electron chi connectivity index (χ2n) is 5.93. The summed E-state index contributed by atoms with van der Waals surface area (Å²) in [5.41, 5.74) is 6.23. The zero-order chi connectivity index (χ0) is 23.2. The lowest BCUT2D eigenvalue weighted by atomic mass is 9.65. The lowest BCUT2D eigenvalue weighted by Gasteiger charge is -2.36. The molecule has 1 aliphatic rings. The molecular weight excluding hydrogens is 372 g/mol. The van der Waals surface area contributed by atoms with Gasteiger partial charge in [0.15, 0.2) is 0 Å². The van der Waals surface area contributed by atoms with Crippen molar-refractivity contribution in [3.8, 4) is 0 Å². The van der Waals surface area contributed by atoms with Gasteiger partial charge in [-0.05, 0) is 40.3 Å². The predicted octanol–water partition coefficient (Wildman–Crippen LogP) is 9.74. The molecule has 0 bridgehead atoms. The summed E-state index contributed by atoms with van der Waals surface area (Å²) in [6.07, 6.45) is 17.5. The standard InChI is InChI=1S/C26H26.2C2H6.CH4/c1-7-13-17-21(10-4)26(20(9-3)16-8-2)24(12-6)22(11-5)23-18-14-15-19-25(23)26;2*1-2;/h7-19H,1-3,5-6H2,4H3;2*1-2H3;1H4/b17-13-,20-16+,21-10+;;;.